The predicted molar refractivity (Wildman–Crippen MR) is 109 cm³/mol. The highest BCUT2D eigenvalue weighted by Crippen LogP contribution is 2.37. The SMILES string of the molecule is CCN(CC)c1ccc(-c2c(C#N)c(N)nc(N3CCCC3)c2C#N)cc1. The van der Waals surface area contributed by atoms with Crippen molar-refractivity contribution in [3.05, 3.63) is 35.4 Å². The zero-order valence-corrected chi connectivity index (χ0v) is 15.9. The average Bonchev–Trinajstić information content (AvgIpc) is 3.23. The molecule has 1 aliphatic heterocycles. The summed E-state index contributed by atoms with van der Waals surface area (Å²) in [4.78, 5) is 8.74. The summed E-state index contributed by atoms with van der Waals surface area (Å²) in [5, 5.41) is 19.5. The lowest BCUT2D eigenvalue weighted by atomic mass is 9.95. The van der Waals surface area contributed by atoms with Gasteiger partial charge >= 0.3 is 0 Å². The third-order valence-electron chi connectivity index (χ3n) is 5.12. The molecule has 0 unspecified atom stereocenters. The van der Waals surface area contributed by atoms with Crippen molar-refractivity contribution in [1.82, 2.24) is 4.98 Å². The summed E-state index contributed by atoms with van der Waals surface area (Å²) in [6.07, 6.45) is 2.14. The van der Waals surface area contributed by atoms with Gasteiger partial charge in [0.2, 0.25) is 0 Å². The van der Waals surface area contributed by atoms with Gasteiger partial charge in [0.1, 0.15) is 34.9 Å². The molecule has 1 saturated heterocycles. The van der Waals surface area contributed by atoms with Crippen LogP contribution in [0.25, 0.3) is 11.1 Å². The molecule has 1 aliphatic rings. The Morgan fingerprint density at radius 1 is 1.04 bits per heavy atom. The number of pyridine rings is 1. The lowest BCUT2D eigenvalue weighted by molar-refractivity contribution is 0.866. The number of nitrogens with two attached hydrogens (primary N) is 1. The molecule has 0 radical (unpaired) electrons. The molecule has 0 aliphatic carbocycles. The minimum atomic E-state index is 0.182. The lowest BCUT2D eigenvalue weighted by Gasteiger charge is -2.23. The smallest absolute Gasteiger partial charge is 0.149 e. The van der Waals surface area contributed by atoms with Crippen LogP contribution in [0.4, 0.5) is 17.3 Å². The first kappa shape index (κ1) is 18.5. The second-order valence-corrected chi connectivity index (χ2v) is 6.58. The van der Waals surface area contributed by atoms with Crippen molar-refractivity contribution < 1.29 is 0 Å². The quantitative estimate of drug-likeness (QED) is 0.877. The molecule has 1 fully saturated rings. The van der Waals surface area contributed by atoms with E-state index in [1.165, 1.54) is 0 Å². The van der Waals surface area contributed by atoms with Crippen molar-refractivity contribution in [1.29, 1.82) is 10.5 Å². The number of hydrogen-bond acceptors (Lipinski definition) is 6. The zero-order chi connectivity index (χ0) is 19.4. The first-order chi connectivity index (χ1) is 13.1. The topological polar surface area (TPSA) is 93.0 Å². The van der Waals surface area contributed by atoms with Crippen LogP contribution in [0.3, 0.4) is 0 Å². The van der Waals surface area contributed by atoms with Gasteiger partial charge in [0.25, 0.3) is 0 Å². The van der Waals surface area contributed by atoms with Crippen LogP contribution in [-0.4, -0.2) is 31.2 Å². The molecule has 138 valence electrons. The number of nitrogens with zero attached hydrogens (tertiary/aromatic N) is 5. The van der Waals surface area contributed by atoms with Crippen molar-refractivity contribution in [2.75, 3.05) is 41.7 Å². The Kier molecular flexibility index (Phi) is 5.47. The van der Waals surface area contributed by atoms with Crippen molar-refractivity contribution in [2.45, 2.75) is 26.7 Å². The molecule has 0 saturated carbocycles. The maximum absolute atomic E-state index is 9.88. The number of aromatic nitrogens is 1. The molecule has 0 bridgehead atoms. The van der Waals surface area contributed by atoms with E-state index in [9.17, 15) is 10.5 Å². The average molecular weight is 360 g/mol. The van der Waals surface area contributed by atoms with E-state index in [2.05, 4.69) is 40.8 Å². The van der Waals surface area contributed by atoms with Crippen LogP contribution in [0.5, 0.6) is 0 Å². The fourth-order valence-electron chi connectivity index (χ4n) is 3.68. The van der Waals surface area contributed by atoms with E-state index in [1.807, 2.05) is 24.3 Å². The number of nitrogen functional groups attached to an aromatic ring is 1. The van der Waals surface area contributed by atoms with E-state index in [0.717, 1.165) is 50.3 Å². The van der Waals surface area contributed by atoms with E-state index >= 15 is 0 Å². The summed E-state index contributed by atoms with van der Waals surface area (Å²) in [5.74, 6) is 0.774. The van der Waals surface area contributed by atoms with E-state index in [0.29, 0.717) is 16.9 Å². The molecule has 2 aromatic rings. The van der Waals surface area contributed by atoms with Crippen LogP contribution in [-0.2, 0) is 0 Å². The number of hydrogen-bond donors (Lipinski definition) is 1. The normalized spacial score (nSPS) is 13.3. The van der Waals surface area contributed by atoms with E-state index in [4.69, 9.17) is 5.73 Å². The van der Waals surface area contributed by atoms with Gasteiger partial charge in [-0.05, 0) is 44.4 Å². The van der Waals surface area contributed by atoms with Crippen LogP contribution < -0.4 is 15.5 Å². The Hall–Kier alpha value is -3.25. The van der Waals surface area contributed by atoms with Gasteiger partial charge in [-0.25, -0.2) is 4.98 Å². The van der Waals surface area contributed by atoms with Crippen LogP contribution >= 0.6 is 0 Å². The number of rotatable bonds is 5. The molecule has 0 amide bonds. The minimum absolute atomic E-state index is 0.182. The Balaban J connectivity index is 2.16. The summed E-state index contributed by atoms with van der Waals surface area (Å²) in [5.41, 5.74) is 9.31. The summed E-state index contributed by atoms with van der Waals surface area (Å²) < 4.78 is 0. The van der Waals surface area contributed by atoms with Gasteiger partial charge in [-0.2, -0.15) is 10.5 Å². The summed E-state index contributed by atoms with van der Waals surface area (Å²) in [7, 11) is 0. The third kappa shape index (κ3) is 3.39. The standard InChI is InChI=1S/C21H24N6/c1-3-26(4-2)16-9-7-15(8-10-16)19-17(13-22)20(24)25-21(18(19)14-23)27-11-5-6-12-27/h7-10H,3-6,11-12H2,1-2H3,(H2,24,25). The van der Waals surface area contributed by atoms with Crippen molar-refractivity contribution in [3.63, 3.8) is 0 Å². The van der Waals surface area contributed by atoms with Gasteiger partial charge in [-0.15, -0.1) is 0 Å². The van der Waals surface area contributed by atoms with Gasteiger partial charge in [-0.3, -0.25) is 0 Å². The van der Waals surface area contributed by atoms with Gasteiger partial charge < -0.3 is 15.5 Å². The van der Waals surface area contributed by atoms with Gasteiger partial charge in [0.15, 0.2) is 0 Å². The highest BCUT2D eigenvalue weighted by molar-refractivity contribution is 5.85. The van der Waals surface area contributed by atoms with Gasteiger partial charge in [0.05, 0.1) is 0 Å². The van der Waals surface area contributed by atoms with Crippen LogP contribution in [0.1, 0.15) is 37.8 Å². The second-order valence-electron chi connectivity index (χ2n) is 6.58. The molecule has 0 spiro atoms. The third-order valence-corrected chi connectivity index (χ3v) is 5.12. The van der Waals surface area contributed by atoms with Crippen molar-refractivity contribution in [2.24, 2.45) is 0 Å². The molecular weight excluding hydrogens is 336 g/mol. The maximum atomic E-state index is 9.88. The summed E-state index contributed by atoms with van der Waals surface area (Å²) in [6, 6.07) is 12.4. The molecule has 2 heterocycles. The highest BCUT2D eigenvalue weighted by atomic mass is 15.2. The van der Waals surface area contributed by atoms with Crippen LogP contribution in [0, 0.1) is 22.7 Å². The Bertz CT molecular complexity index is 894. The number of anilines is 3. The predicted octanol–water partition coefficient (Wildman–Crippen LogP) is 3.52. The Labute approximate surface area is 160 Å². The fraction of sp³-hybridized carbons (Fsp3) is 0.381. The van der Waals surface area contributed by atoms with Gasteiger partial charge in [-0.1, -0.05) is 12.1 Å². The number of nitriles is 2. The summed E-state index contributed by atoms with van der Waals surface area (Å²) >= 11 is 0. The molecule has 1 aromatic carbocycles. The van der Waals surface area contributed by atoms with Crippen molar-refractivity contribution >= 4 is 17.3 Å². The molecule has 2 N–H and O–H groups in total. The fourth-order valence-corrected chi connectivity index (χ4v) is 3.68. The molecule has 6 heteroatoms. The van der Waals surface area contributed by atoms with Gasteiger partial charge in [0, 0.05) is 37.4 Å². The largest absolute Gasteiger partial charge is 0.383 e. The molecule has 6 nitrogen and oxygen atoms in total. The number of benzene rings is 1. The summed E-state index contributed by atoms with van der Waals surface area (Å²) in [6.45, 7) is 7.78. The Morgan fingerprint density at radius 2 is 1.63 bits per heavy atom. The van der Waals surface area contributed by atoms with Crippen molar-refractivity contribution in [3.8, 4) is 23.3 Å². The molecule has 3 rings (SSSR count). The second kappa shape index (κ2) is 7.97. The van der Waals surface area contributed by atoms with Crippen LogP contribution in [0.15, 0.2) is 24.3 Å². The molecule has 0 atom stereocenters. The molecular formula is C21H24N6. The van der Waals surface area contributed by atoms with E-state index in [-0.39, 0.29) is 11.4 Å². The zero-order valence-electron chi connectivity index (χ0n) is 15.9. The van der Waals surface area contributed by atoms with Crippen LogP contribution in [0.2, 0.25) is 0 Å². The maximum Gasteiger partial charge on any atom is 0.149 e. The Morgan fingerprint density at radius 3 is 2.15 bits per heavy atom. The van der Waals surface area contributed by atoms with E-state index in [1.54, 1.807) is 0 Å². The molecule has 27 heavy (non-hydrogen) atoms. The first-order valence-corrected chi connectivity index (χ1v) is 9.38. The minimum Gasteiger partial charge on any atom is -0.383 e. The monoisotopic (exact) mass is 360 g/mol. The first-order valence-electron chi connectivity index (χ1n) is 9.38. The lowest BCUT2D eigenvalue weighted by Crippen LogP contribution is -2.22. The van der Waals surface area contributed by atoms with E-state index < -0.39 is 0 Å². The highest BCUT2D eigenvalue weighted by Gasteiger charge is 2.25. The molecule has 1 aromatic heterocycles.